The van der Waals surface area contributed by atoms with Gasteiger partial charge in [0.25, 0.3) is 0 Å². The van der Waals surface area contributed by atoms with Crippen molar-refractivity contribution in [2.75, 3.05) is 6.26 Å². The van der Waals surface area contributed by atoms with Crippen LogP contribution in [0.1, 0.15) is 10.4 Å². The van der Waals surface area contributed by atoms with E-state index in [1.807, 2.05) is 0 Å². The van der Waals surface area contributed by atoms with Gasteiger partial charge in [0.2, 0.25) is 0 Å². The summed E-state index contributed by atoms with van der Waals surface area (Å²) in [7, 11) is 0. The summed E-state index contributed by atoms with van der Waals surface area (Å²) in [4.78, 5) is 15.0. The molecule has 0 saturated heterocycles. The number of nitrogens with zero attached hydrogens (tertiary/aromatic N) is 2. The quantitative estimate of drug-likeness (QED) is 0.379. The summed E-state index contributed by atoms with van der Waals surface area (Å²) in [6.07, 6.45) is 3.52. The number of carbonyl (C=O) groups is 1. The molecule has 0 atom stereocenters. The lowest BCUT2D eigenvalue weighted by Crippen LogP contribution is -2.12. The van der Waals surface area contributed by atoms with Gasteiger partial charge in [-0.2, -0.15) is 5.26 Å². The Hall–Kier alpha value is -1.52. The van der Waals surface area contributed by atoms with E-state index < -0.39 is 5.97 Å². The van der Waals surface area contributed by atoms with E-state index in [-0.39, 0.29) is 5.56 Å². The Labute approximate surface area is 111 Å². The molecule has 0 aliphatic heterocycles. The van der Waals surface area contributed by atoms with Gasteiger partial charge in [-0.1, -0.05) is 11.8 Å². The molecule has 1 rings (SSSR count). The van der Waals surface area contributed by atoms with Gasteiger partial charge in [-0.05, 0) is 40.4 Å². The van der Waals surface area contributed by atoms with Crippen molar-refractivity contribution in [3.8, 4) is 6.19 Å². The van der Waals surface area contributed by atoms with E-state index in [1.165, 1.54) is 23.9 Å². The van der Waals surface area contributed by atoms with E-state index in [0.717, 1.165) is 0 Å². The Morgan fingerprint density at radius 3 is 2.88 bits per heavy atom. The second-order valence-corrected chi connectivity index (χ2v) is 4.48. The Kier molecular flexibility index (Phi) is 5.00. The van der Waals surface area contributed by atoms with Gasteiger partial charge in [0.15, 0.2) is 11.4 Å². The maximum atomic E-state index is 10.8. The topological polar surface area (TPSA) is 85.5 Å². The summed E-state index contributed by atoms with van der Waals surface area (Å²) < 4.78 is 0.661. The Morgan fingerprint density at radius 2 is 2.35 bits per heavy atom. The van der Waals surface area contributed by atoms with Crippen molar-refractivity contribution in [3.63, 3.8) is 0 Å². The summed E-state index contributed by atoms with van der Waals surface area (Å²) >= 11 is 4.53. The summed E-state index contributed by atoms with van der Waals surface area (Å²) in [5.74, 6) is -1.02. The fourth-order valence-electron chi connectivity index (χ4n) is 1.01. The molecule has 0 heterocycles. The molecule has 0 bridgehead atoms. The molecular weight excluding hydrogens is 306 g/mol. The van der Waals surface area contributed by atoms with Crippen LogP contribution in [0.2, 0.25) is 0 Å². The third-order valence-electron chi connectivity index (χ3n) is 1.77. The molecule has 0 unspecified atom stereocenters. The molecule has 0 aromatic heterocycles. The van der Waals surface area contributed by atoms with Gasteiger partial charge >= 0.3 is 5.97 Å². The number of hydrogen-bond donors (Lipinski definition) is 2. The predicted molar refractivity (Wildman–Crippen MR) is 70.5 cm³/mol. The number of nitrogens with one attached hydrogen (secondary N) is 1. The number of aliphatic imine (C=N–C) groups is 1. The minimum Gasteiger partial charge on any atom is -0.478 e. The molecule has 2 N–H and O–H groups in total. The molecule has 0 fully saturated rings. The predicted octanol–water partition coefficient (Wildman–Crippen LogP) is 2.57. The van der Waals surface area contributed by atoms with Crippen LogP contribution in [0.3, 0.4) is 0 Å². The number of nitriles is 1. The lowest BCUT2D eigenvalue weighted by molar-refractivity contribution is 0.0697. The number of hydrogen-bond acceptors (Lipinski definition) is 4. The fraction of sp³-hybridized carbons (Fsp3) is 0.100. The first-order chi connectivity index (χ1) is 8.08. The number of thioether (sulfide) groups is 1. The van der Waals surface area contributed by atoms with E-state index in [1.54, 1.807) is 18.5 Å². The minimum absolute atomic E-state index is 0.143. The third kappa shape index (κ3) is 3.76. The lowest BCUT2D eigenvalue weighted by Gasteiger charge is -2.03. The van der Waals surface area contributed by atoms with Crippen LogP contribution in [0, 0.1) is 11.5 Å². The Balaban J connectivity index is 3.17. The van der Waals surface area contributed by atoms with E-state index in [4.69, 9.17) is 10.4 Å². The highest BCUT2D eigenvalue weighted by atomic mass is 79.9. The summed E-state index contributed by atoms with van der Waals surface area (Å²) in [6, 6.07) is 4.51. The smallest absolute Gasteiger partial charge is 0.335 e. The SMILES string of the molecule is CSC(=Nc1cc(C(=O)O)ccc1Br)NC#N. The van der Waals surface area contributed by atoms with Crippen LogP contribution in [-0.4, -0.2) is 22.5 Å². The Morgan fingerprint density at radius 1 is 1.65 bits per heavy atom. The van der Waals surface area contributed by atoms with Crippen molar-refractivity contribution in [1.29, 1.82) is 5.26 Å². The Bertz CT molecular complexity index is 511. The van der Waals surface area contributed by atoms with Crippen molar-refractivity contribution >= 4 is 44.5 Å². The number of benzene rings is 1. The molecule has 1 aromatic carbocycles. The third-order valence-corrected chi connectivity index (χ3v) is 3.02. The van der Waals surface area contributed by atoms with Crippen LogP contribution in [0.15, 0.2) is 27.7 Å². The molecule has 88 valence electrons. The first kappa shape index (κ1) is 13.5. The van der Waals surface area contributed by atoms with E-state index in [0.29, 0.717) is 15.3 Å². The molecule has 1 aromatic rings. The highest BCUT2D eigenvalue weighted by Crippen LogP contribution is 2.27. The standard InChI is InChI=1S/C10H8BrN3O2S/c1-17-10(13-5-12)14-8-4-6(9(15)16)2-3-7(8)11/h2-4H,1H3,(H,13,14)(H,15,16). The van der Waals surface area contributed by atoms with Crippen molar-refractivity contribution in [1.82, 2.24) is 5.32 Å². The molecule has 17 heavy (non-hydrogen) atoms. The number of carboxylic acids is 1. The fourth-order valence-corrected chi connectivity index (χ4v) is 1.69. The van der Waals surface area contributed by atoms with Crippen LogP contribution in [0.5, 0.6) is 0 Å². The molecule has 0 spiro atoms. The summed E-state index contributed by atoms with van der Waals surface area (Å²) in [6.45, 7) is 0. The average Bonchev–Trinajstić information content (AvgIpc) is 2.30. The largest absolute Gasteiger partial charge is 0.478 e. The number of rotatable bonds is 2. The monoisotopic (exact) mass is 313 g/mol. The first-order valence-corrected chi connectivity index (χ1v) is 6.41. The van der Waals surface area contributed by atoms with Crippen molar-refractivity contribution in [2.24, 2.45) is 4.99 Å². The molecule has 0 aliphatic carbocycles. The van der Waals surface area contributed by atoms with Gasteiger partial charge in [-0.3, -0.25) is 5.32 Å². The average molecular weight is 314 g/mol. The summed E-state index contributed by atoms with van der Waals surface area (Å²) in [5.41, 5.74) is 0.598. The van der Waals surface area contributed by atoms with E-state index in [9.17, 15) is 4.79 Å². The van der Waals surface area contributed by atoms with Gasteiger partial charge < -0.3 is 5.11 Å². The lowest BCUT2D eigenvalue weighted by atomic mass is 10.2. The number of carboxylic acid groups (broad SMARTS) is 1. The molecule has 0 radical (unpaired) electrons. The molecule has 0 aliphatic rings. The van der Waals surface area contributed by atoms with Gasteiger partial charge in [0, 0.05) is 4.47 Å². The first-order valence-electron chi connectivity index (χ1n) is 4.39. The van der Waals surface area contributed by atoms with Gasteiger partial charge in [0.05, 0.1) is 11.3 Å². The summed E-state index contributed by atoms with van der Waals surface area (Å²) in [5, 5.41) is 20.2. The van der Waals surface area contributed by atoms with Gasteiger partial charge in [-0.15, -0.1) is 0 Å². The second-order valence-electron chi connectivity index (χ2n) is 2.83. The molecule has 5 nitrogen and oxygen atoms in total. The number of aromatic carboxylic acids is 1. The van der Waals surface area contributed by atoms with Gasteiger partial charge in [-0.25, -0.2) is 9.79 Å². The zero-order chi connectivity index (χ0) is 12.8. The zero-order valence-corrected chi connectivity index (χ0v) is 11.2. The van der Waals surface area contributed by atoms with Crippen LogP contribution in [0.4, 0.5) is 5.69 Å². The van der Waals surface area contributed by atoms with Crippen LogP contribution in [0.25, 0.3) is 0 Å². The number of halogens is 1. The zero-order valence-electron chi connectivity index (χ0n) is 8.77. The van der Waals surface area contributed by atoms with Crippen LogP contribution >= 0.6 is 27.7 Å². The van der Waals surface area contributed by atoms with Crippen LogP contribution in [-0.2, 0) is 0 Å². The van der Waals surface area contributed by atoms with E-state index in [2.05, 4.69) is 26.2 Å². The molecule has 0 amide bonds. The molecular formula is C10H8BrN3O2S. The maximum Gasteiger partial charge on any atom is 0.335 e. The molecule has 7 heteroatoms. The highest BCUT2D eigenvalue weighted by Gasteiger charge is 2.07. The van der Waals surface area contributed by atoms with Gasteiger partial charge in [0.1, 0.15) is 0 Å². The highest BCUT2D eigenvalue weighted by molar-refractivity contribution is 9.10. The molecule has 0 saturated carbocycles. The van der Waals surface area contributed by atoms with E-state index >= 15 is 0 Å². The van der Waals surface area contributed by atoms with Crippen LogP contribution < -0.4 is 5.32 Å². The normalized spacial score (nSPS) is 10.8. The van der Waals surface area contributed by atoms with Crippen molar-refractivity contribution in [2.45, 2.75) is 0 Å². The second kappa shape index (κ2) is 6.27. The minimum atomic E-state index is -1.02. The van der Waals surface area contributed by atoms with Crippen molar-refractivity contribution < 1.29 is 9.90 Å². The van der Waals surface area contributed by atoms with Crippen molar-refractivity contribution in [3.05, 3.63) is 28.2 Å². The maximum absolute atomic E-state index is 10.8. The number of amidine groups is 1.